The molecule has 0 unspecified atom stereocenters. The number of hydrogen-bond donors (Lipinski definition) is 1. The fourth-order valence-electron chi connectivity index (χ4n) is 3.96. The molecule has 0 spiro atoms. The average Bonchev–Trinajstić information content (AvgIpc) is 3.14. The summed E-state index contributed by atoms with van der Waals surface area (Å²) in [7, 11) is 0. The van der Waals surface area contributed by atoms with Crippen LogP contribution in [0.3, 0.4) is 0 Å². The van der Waals surface area contributed by atoms with Gasteiger partial charge >= 0.3 is 0 Å². The third-order valence-electron chi connectivity index (χ3n) is 5.43. The predicted molar refractivity (Wildman–Crippen MR) is 112 cm³/mol. The number of benzene rings is 2. The van der Waals surface area contributed by atoms with Gasteiger partial charge in [-0.05, 0) is 51.2 Å². The van der Waals surface area contributed by atoms with E-state index in [0.717, 1.165) is 35.6 Å². The average molecular weight is 369 g/mol. The lowest BCUT2D eigenvalue weighted by molar-refractivity contribution is 0.662. The molecule has 2 heterocycles. The number of aromatic nitrogens is 4. The Morgan fingerprint density at radius 2 is 1.75 bits per heavy atom. The standard InChI is InChI=1S/C23H23N5/c1-15-12-13-19(16(2)14-15)24-22-18-10-6-7-11-20(18)25-23-26-21(27-28(22)23)17-8-4-3-5-9-17/h3-5,8-9,12-14,24H,6-7,10-11H2,1-2H3. The van der Waals surface area contributed by atoms with E-state index in [-0.39, 0.29) is 0 Å². The maximum atomic E-state index is 4.85. The van der Waals surface area contributed by atoms with Crippen molar-refractivity contribution in [2.45, 2.75) is 39.5 Å². The summed E-state index contributed by atoms with van der Waals surface area (Å²) >= 11 is 0. The molecule has 0 saturated heterocycles. The van der Waals surface area contributed by atoms with Crippen molar-refractivity contribution in [3.05, 3.63) is 70.9 Å². The molecular weight excluding hydrogens is 346 g/mol. The van der Waals surface area contributed by atoms with Crippen molar-refractivity contribution in [2.24, 2.45) is 0 Å². The highest BCUT2D eigenvalue weighted by Crippen LogP contribution is 2.31. The van der Waals surface area contributed by atoms with Crippen LogP contribution in [0.25, 0.3) is 17.2 Å². The van der Waals surface area contributed by atoms with Crippen molar-refractivity contribution in [2.75, 3.05) is 5.32 Å². The maximum Gasteiger partial charge on any atom is 0.254 e. The van der Waals surface area contributed by atoms with Crippen LogP contribution < -0.4 is 5.32 Å². The summed E-state index contributed by atoms with van der Waals surface area (Å²) in [6, 6.07) is 16.6. The normalized spacial score (nSPS) is 13.5. The molecule has 1 aliphatic carbocycles. The highest BCUT2D eigenvalue weighted by molar-refractivity contribution is 5.67. The van der Waals surface area contributed by atoms with Crippen molar-refractivity contribution >= 4 is 17.3 Å². The summed E-state index contributed by atoms with van der Waals surface area (Å²) in [4.78, 5) is 9.58. The molecule has 1 aliphatic rings. The Morgan fingerprint density at radius 1 is 0.929 bits per heavy atom. The molecule has 0 aliphatic heterocycles. The first kappa shape index (κ1) is 16.9. The molecule has 28 heavy (non-hydrogen) atoms. The van der Waals surface area contributed by atoms with Crippen LogP contribution in [0.2, 0.25) is 0 Å². The lowest BCUT2D eigenvalue weighted by Crippen LogP contribution is -2.14. The highest BCUT2D eigenvalue weighted by atomic mass is 15.4. The molecule has 140 valence electrons. The zero-order valence-corrected chi connectivity index (χ0v) is 16.2. The number of fused-ring (bicyclic) bond motifs is 2. The fraction of sp³-hybridized carbons (Fsp3) is 0.261. The molecule has 0 fully saturated rings. The molecule has 0 radical (unpaired) electrons. The minimum atomic E-state index is 0.659. The fourth-order valence-corrected chi connectivity index (χ4v) is 3.96. The van der Waals surface area contributed by atoms with Crippen molar-refractivity contribution < 1.29 is 0 Å². The first-order valence-corrected chi connectivity index (χ1v) is 9.87. The van der Waals surface area contributed by atoms with E-state index in [9.17, 15) is 0 Å². The molecule has 5 heteroatoms. The summed E-state index contributed by atoms with van der Waals surface area (Å²) in [6.45, 7) is 4.25. The van der Waals surface area contributed by atoms with E-state index in [1.165, 1.54) is 29.5 Å². The topological polar surface area (TPSA) is 55.1 Å². The molecule has 0 amide bonds. The summed E-state index contributed by atoms with van der Waals surface area (Å²) in [6.07, 6.45) is 4.38. The molecule has 4 aromatic rings. The minimum absolute atomic E-state index is 0.659. The zero-order chi connectivity index (χ0) is 19.1. The van der Waals surface area contributed by atoms with Crippen LogP contribution in [0.4, 0.5) is 11.5 Å². The Labute approximate surface area is 164 Å². The van der Waals surface area contributed by atoms with Gasteiger partial charge in [0.05, 0.1) is 5.69 Å². The van der Waals surface area contributed by atoms with Gasteiger partial charge in [-0.1, -0.05) is 48.0 Å². The quantitative estimate of drug-likeness (QED) is 0.550. The Morgan fingerprint density at radius 3 is 2.57 bits per heavy atom. The second kappa shape index (κ2) is 6.75. The summed E-state index contributed by atoms with van der Waals surface area (Å²) < 4.78 is 1.88. The molecular formula is C23H23N5. The molecule has 0 saturated carbocycles. The predicted octanol–water partition coefficient (Wildman–Crippen LogP) is 5.03. The van der Waals surface area contributed by atoms with Gasteiger partial charge in [0.2, 0.25) is 0 Å². The molecule has 2 aromatic heterocycles. The molecule has 0 atom stereocenters. The molecule has 2 aromatic carbocycles. The molecule has 5 rings (SSSR count). The van der Waals surface area contributed by atoms with Crippen molar-refractivity contribution in [3.63, 3.8) is 0 Å². The van der Waals surface area contributed by atoms with Gasteiger partial charge in [-0.2, -0.15) is 9.50 Å². The van der Waals surface area contributed by atoms with Crippen LogP contribution in [0.5, 0.6) is 0 Å². The van der Waals surface area contributed by atoms with Crippen LogP contribution in [-0.2, 0) is 12.8 Å². The van der Waals surface area contributed by atoms with Gasteiger partial charge in [-0.25, -0.2) is 4.98 Å². The van der Waals surface area contributed by atoms with Crippen molar-refractivity contribution in [3.8, 4) is 11.4 Å². The van der Waals surface area contributed by atoms with Crippen LogP contribution >= 0.6 is 0 Å². The summed E-state index contributed by atoms with van der Waals surface area (Å²) in [5, 5.41) is 8.47. The second-order valence-corrected chi connectivity index (χ2v) is 7.55. The minimum Gasteiger partial charge on any atom is -0.340 e. The van der Waals surface area contributed by atoms with Crippen LogP contribution in [-0.4, -0.2) is 19.6 Å². The van der Waals surface area contributed by atoms with Crippen molar-refractivity contribution in [1.29, 1.82) is 0 Å². The summed E-state index contributed by atoms with van der Waals surface area (Å²) in [5.74, 6) is 2.37. The van der Waals surface area contributed by atoms with E-state index in [2.05, 4.69) is 37.4 Å². The summed E-state index contributed by atoms with van der Waals surface area (Å²) in [5.41, 5.74) is 7.00. The number of aryl methyl sites for hydroxylation is 3. The van der Waals surface area contributed by atoms with Crippen LogP contribution in [0.15, 0.2) is 48.5 Å². The third kappa shape index (κ3) is 2.93. The Bertz CT molecular complexity index is 1160. The van der Waals surface area contributed by atoms with Gasteiger partial charge in [0.1, 0.15) is 5.82 Å². The first-order chi connectivity index (χ1) is 13.7. The smallest absolute Gasteiger partial charge is 0.254 e. The SMILES string of the molecule is Cc1ccc(Nc2c3c(nc4nc(-c5ccccc5)nn24)CCCC3)c(C)c1. The molecule has 5 nitrogen and oxygen atoms in total. The van der Waals surface area contributed by atoms with Gasteiger partial charge < -0.3 is 5.32 Å². The van der Waals surface area contributed by atoms with Gasteiger partial charge in [-0.15, -0.1) is 5.10 Å². The van der Waals surface area contributed by atoms with Gasteiger partial charge in [0, 0.05) is 16.8 Å². The monoisotopic (exact) mass is 369 g/mol. The van der Waals surface area contributed by atoms with Crippen LogP contribution in [0, 0.1) is 13.8 Å². The van der Waals surface area contributed by atoms with Crippen molar-refractivity contribution in [1.82, 2.24) is 19.6 Å². The Balaban J connectivity index is 1.69. The zero-order valence-electron chi connectivity index (χ0n) is 16.2. The lowest BCUT2D eigenvalue weighted by Gasteiger charge is -2.20. The van der Waals surface area contributed by atoms with Gasteiger partial charge in [0.15, 0.2) is 5.82 Å². The maximum absolute atomic E-state index is 4.85. The van der Waals surface area contributed by atoms with E-state index < -0.39 is 0 Å². The van der Waals surface area contributed by atoms with E-state index in [0.29, 0.717) is 11.6 Å². The van der Waals surface area contributed by atoms with Gasteiger partial charge in [0.25, 0.3) is 5.78 Å². The number of nitrogens with one attached hydrogen (secondary N) is 1. The van der Waals surface area contributed by atoms with Crippen LogP contribution in [0.1, 0.15) is 35.2 Å². The van der Waals surface area contributed by atoms with E-state index in [1.807, 2.05) is 34.8 Å². The van der Waals surface area contributed by atoms with E-state index >= 15 is 0 Å². The molecule has 1 N–H and O–H groups in total. The van der Waals surface area contributed by atoms with Gasteiger partial charge in [-0.3, -0.25) is 0 Å². The third-order valence-corrected chi connectivity index (χ3v) is 5.43. The lowest BCUT2D eigenvalue weighted by atomic mass is 9.96. The van der Waals surface area contributed by atoms with E-state index in [1.54, 1.807) is 0 Å². The Kier molecular flexibility index (Phi) is 4.08. The Hall–Kier alpha value is -3.21. The second-order valence-electron chi connectivity index (χ2n) is 7.55. The largest absolute Gasteiger partial charge is 0.340 e. The number of hydrogen-bond acceptors (Lipinski definition) is 4. The number of nitrogens with zero attached hydrogens (tertiary/aromatic N) is 4. The molecule has 0 bridgehead atoms. The first-order valence-electron chi connectivity index (χ1n) is 9.87. The number of anilines is 2. The van der Waals surface area contributed by atoms with E-state index in [4.69, 9.17) is 15.1 Å². The highest BCUT2D eigenvalue weighted by Gasteiger charge is 2.21. The number of rotatable bonds is 3.